The van der Waals surface area contributed by atoms with Gasteiger partial charge in [-0.2, -0.15) is 0 Å². The van der Waals surface area contributed by atoms with Crippen LogP contribution in [0.4, 0.5) is 5.69 Å². The SMILES string of the molecule is COc1cc(NC(=O)C2CC(=O)N(Cc3ccc(C)cc3)C2)c(C(N)=O)cc1OC. The average Bonchev–Trinajstić information content (AvgIpc) is 3.09. The summed E-state index contributed by atoms with van der Waals surface area (Å²) in [7, 11) is 2.89. The van der Waals surface area contributed by atoms with Gasteiger partial charge in [-0.1, -0.05) is 29.8 Å². The number of carbonyl (C=O) groups is 3. The minimum absolute atomic E-state index is 0.0850. The van der Waals surface area contributed by atoms with Crippen LogP contribution < -0.4 is 20.5 Å². The average molecular weight is 411 g/mol. The van der Waals surface area contributed by atoms with E-state index in [1.807, 2.05) is 31.2 Å². The molecular weight excluding hydrogens is 386 g/mol. The lowest BCUT2D eigenvalue weighted by Gasteiger charge is -2.18. The van der Waals surface area contributed by atoms with Gasteiger partial charge < -0.3 is 25.4 Å². The first kappa shape index (κ1) is 21.2. The summed E-state index contributed by atoms with van der Waals surface area (Å²) >= 11 is 0. The molecule has 0 spiro atoms. The summed E-state index contributed by atoms with van der Waals surface area (Å²) in [5.41, 5.74) is 7.91. The van der Waals surface area contributed by atoms with Gasteiger partial charge in [-0.25, -0.2) is 0 Å². The van der Waals surface area contributed by atoms with Crippen molar-refractivity contribution in [1.29, 1.82) is 0 Å². The highest BCUT2D eigenvalue weighted by Crippen LogP contribution is 2.34. The molecule has 1 aliphatic heterocycles. The van der Waals surface area contributed by atoms with E-state index >= 15 is 0 Å². The van der Waals surface area contributed by atoms with Gasteiger partial charge in [-0.05, 0) is 18.6 Å². The number of ether oxygens (including phenoxy) is 2. The number of carbonyl (C=O) groups excluding carboxylic acids is 3. The van der Waals surface area contributed by atoms with E-state index in [9.17, 15) is 14.4 Å². The summed E-state index contributed by atoms with van der Waals surface area (Å²) in [6, 6.07) is 10.8. The fourth-order valence-electron chi connectivity index (χ4n) is 3.44. The number of nitrogens with two attached hydrogens (primary N) is 1. The molecule has 158 valence electrons. The Kier molecular flexibility index (Phi) is 6.25. The van der Waals surface area contributed by atoms with Crippen molar-refractivity contribution in [3.8, 4) is 11.5 Å². The van der Waals surface area contributed by atoms with Crippen LogP contribution in [0.1, 0.15) is 27.9 Å². The Morgan fingerprint density at radius 3 is 2.37 bits per heavy atom. The van der Waals surface area contributed by atoms with Crippen molar-refractivity contribution < 1.29 is 23.9 Å². The lowest BCUT2D eigenvalue weighted by Crippen LogP contribution is -2.28. The summed E-state index contributed by atoms with van der Waals surface area (Å²) in [6.45, 7) is 2.75. The molecule has 1 heterocycles. The zero-order valence-electron chi connectivity index (χ0n) is 17.2. The van der Waals surface area contributed by atoms with Gasteiger partial charge in [0.1, 0.15) is 0 Å². The standard InChI is InChI=1S/C22H25N3O5/c1-13-4-6-14(7-5-13)11-25-12-15(8-20(25)26)22(28)24-17-10-19(30-3)18(29-2)9-16(17)21(23)27/h4-7,9-10,15H,8,11-12H2,1-3H3,(H2,23,27)(H,24,28). The number of anilines is 1. The second kappa shape index (κ2) is 8.86. The van der Waals surface area contributed by atoms with E-state index in [1.54, 1.807) is 4.90 Å². The molecule has 0 aromatic heterocycles. The van der Waals surface area contributed by atoms with E-state index in [0.29, 0.717) is 24.6 Å². The molecule has 3 N–H and O–H groups in total. The van der Waals surface area contributed by atoms with Crippen LogP contribution in [-0.4, -0.2) is 43.4 Å². The van der Waals surface area contributed by atoms with Gasteiger partial charge in [0, 0.05) is 25.6 Å². The van der Waals surface area contributed by atoms with Crippen LogP contribution in [0.25, 0.3) is 0 Å². The fraction of sp³-hybridized carbons (Fsp3) is 0.318. The molecule has 0 saturated carbocycles. The van der Waals surface area contributed by atoms with Crippen LogP contribution >= 0.6 is 0 Å². The molecule has 3 rings (SSSR count). The first-order chi connectivity index (χ1) is 14.3. The molecule has 8 nitrogen and oxygen atoms in total. The summed E-state index contributed by atoms with van der Waals surface area (Å²) in [5, 5.41) is 2.72. The highest BCUT2D eigenvalue weighted by molar-refractivity contribution is 6.05. The minimum Gasteiger partial charge on any atom is -0.493 e. The van der Waals surface area contributed by atoms with E-state index in [4.69, 9.17) is 15.2 Å². The minimum atomic E-state index is -0.713. The fourth-order valence-corrected chi connectivity index (χ4v) is 3.44. The Balaban J connectivity index is 1.74. The zero-order valence-corrected chi connectivity index (χ0v) is 17.2. The first-order valence-corrected chi connectivity index (χ1v) is 9.52. The number of nitrogens with one attached hydrogen (secondary N) is 1. The van der Waals surface area contributed by atoms with Gasteiger partial charge in [0.15, 0.2) is 11.5 Å². The molecule has 8 heteroatoms. The number of primary amides is 1. The van der Waals surface area contributed by atoms with E-state index in [0.717, 1.165) is 11.1 Å². The number of methoxy groups -OCH3 is 2. The number of hydrogen-bond donors (Lipinski definition) is 2. The Bertz CT molecular complexity index is 971. The summed E-state index contributed by atoms with van der Waals surface area (Å²) in [6.07, 6.45) is 0.108. The van der Waals surface area contributed by atoms with Crippen LogP contribution in [0.15, 0.2) is 36.4 Å². The molecule has 30 heavy (non-hydrogen) atoms. The highest BCUT2D eigenvalue weighted by Gasteiger charge is 2.34. The molecule has 1 aliphatic rings. The first-order valence-electron chi connectivity index (χ1n) is 9.52. The normalized spacial score (nSPS) is 15.8. The maximum Gasteiger partial charge on any atom is 0.250 e. The number of nitrogens with zero attached hydrogens (tertiary/aromatic N) is 1. The monoisotopic (exact) mass is 411 g/mol. The molecule has 2 aromatic carbocycles. The number of likely N-dealkylation sites (tertiary alicyclic amines) is 1. The molecule has 0 aliphatic carbocycles. The van der Waals surface area contributed by atoms with Gasteiger partial charge >= 0.3 is 0 Å². The third-order valence-corrected chi connectivity index (χ3v) is 5.13. The molecule has 1 fully saturated rings. The summed E-state index contributed by atoms with van der Waals surface area (Å²) in [4.78, 5) is 38.7. The van der Waals surface area contributed by atoms with Crippen molar-refractivity contribution in [2.45, 2.75) is 19.9 Å². The van der Waals surface area contributed by atoms with Crippen molar-refractivity contribution in [2.75, 3.05) is 26.1 Å². The molecule has 3 amide bonds. The molecule has 2 aromatic rings. The number of amides is 3. The van der Waals surface area contributed by atoms with Gasteiger partial charge in [0.25, 0.3) is 5.91 Å². The highest BCUT2D eigenvalue weighted by atomic mass is 16.5. The van der Waals surface area contributed by atoms with Crippen LogP contribution in [0.2, 0.25) is 0 Å². The molecule has 1 saturated heterocycles. The third kappa shape index (κ3) is 4.53. The largest absolute Gasteiger partial charge is 0.493 e. The quantitative estimate of drug-likeness (QED) is 0.725. The Morgan fingerprint density at radius 1 is 1.13 bits per heavy atom. The van der Waals surface area contributed by atoms with Crippen molar-refractivity contribution in [3.05, 3.63) is 53.1 Å². The third-order valence-electron chi connectivity index (χ3n) is 5.13. The van der Waals surface area contributed by atoms with E-state index in [1.165, 1.54) is 26.4 Å². The van der Waals surface area contributed by atoms with Gasteiger partial charge in [-0.3, -0.25) is 14.4 Å². The predicted octanol–water partition coefficient (Wildman–Crippen LogP) is 2.10. The van der Waals surface area contributed by atoms with Crippen molar-refractivity contribution in [1.82, 2.24) is 4.90 Å². The molecule has 1 unspecified atom stereocenters. The number of hydrogen-bond acceptors (Lipinski definition) is 5. The predicted molar refractivity (Wildman–Crippen MR) is 111 cm³/mol. The Labute approximate surface area is 174 Å². The summed E-state index contributed by atoms with van der Waals surface area (Å²) < 4.78 is 10.4. The molecular formula is C22H25N3O5. The van der Waals surface area contributed by atoms with Gasteiger partial charge in [-0.15, -0.1) is 0 Å². The second-order valence-corrected chi connectivity index (χ2v) is 7.27. The van der Waals surface area contributed by atoms with Crippen LogP contribution in [0.5, 0.6) is 11.5 Å². The number of rotatable bonds is 7. The lowest BCUT2D eigenvalue weighted by atomic mass is 10.1. The molecule has 1 atom stereocenters. The van der Waals surface area contributed by atoms with E-state index < -0.39 is 11.8 Å². The molecule has 0 bridgehead atoms. The van der Waals surface area contributed by atoms with Crippen molar-refractivity contribution in [2.24, 2.45) is 11.7 Å². The van der Waals surface area contributed by atoms with E-state index in [2.05, 4.69) is 5.32 Å². The summed E-state index contributed by atoms with van der Waals surface area (Å²) in [5.74, 6) is -1.01. The maximum atomic E-state index is 12.8. The Hall–Kier alpha value is -3.55. The zero-order chi connectivity index (χ0) is 21.8. The second-order valence-electron chi connectivity index (χ2n) is 7.27. The number of benzene rings is 2. The van der Waals surface area contributed by atoms with Crippen molar-refractivity contribution in [3.63, 3.8) is 0 Å². The van der Waals surface area contributed by atoms with Crippen LogP contribution in [-0.2, 0) is 16.1 Å². The number of aryl methyl sites for hydroxylation is 1. The topological polar surface area (TPSA) is 111 Å². The lowest BCUT2D eigenvalue weighted by molar-refractivity contribution is -0.128. The van der Waals surface area contributed by atoms with Crippen LogP contribution in [0, 0.1) is 12.8 Å². The smallest absolute Gasteiger partial charge is 0.250 e. The van der Waals surface area contributed by atoms with Gasteiger partial charge in [0.2, 0.25) is 11.8 Å². The van der Waals surface area contributed by atoms with Crippen LogP contribution in [0.3, 0.4) is 0 Å². The molecule has 0 radical (unpaired) electrons. The maximum absolute atomic E-state index is 12.8. The van der Waals surface area contributed by atoms with E-state index in [-0.39, 0.29) is 29.5 Å². The van der Waals surface area contributed by atoms with Crippen molar-refractivity contribution >= 4 is 23.4 Å². The van der Waals surface area contributed by atoms with Gasteiger partial charge in [0.05, 0.1) is 31.4 Å². The Morgan fingerprint density at radius 2 is 1.77 bits per heavy atom.